The van der Waals surface area contributed by atoms with Crippen LogP contribution in [0.2, 0.25) is 0 Å². The minimum Gasteiger partial charge on any atom is -0.496 e. The maximum absolute atomic E-state index is 5.38. The summed E-state index contributed by atoms with van der Waals surface area (Å²) in [4.78, 5) is 11.1. The molecule has 1 aromatic carbocycles. The quantitative estimate of drug-likeness (QED) is 0.670. The molecule has 24 heavy (non-hydrogen) atoms. The fourth-order valence-electron chi connectivity index (χ4n) is 2.50. The highest BCUT2D eigenvalue weighted by Gasteiger charge is 2.13. The van der Waals surface area contributed by atoms with Gasteiger partial charge in [-0.1, -0.05) is 12.1 Å². The molecule has 2 heterocycles. The molecule has 1 saturated heterocycles. The lowest BCUT2D eigenvalue weighted by Gasteiger charge is -2.28. The summed E-state index contributed by atoms with van der Waals surface area (Å²) in [6.45, 7) is 4.98. The van der Waals surface area contributed by atoms with Gasteiger partial charge in [0.15, 0.2) is 5.82 Å². The first kappa shape index (κ1) is 16.2. The van der Waals surface area contributed by atoms with E-state index >= 15 is 0 Å². The van der Waals surface area contributed by atoms with E-state index in [1.54, 1.807) is 13.3 Å². The van der Waals surface area contributed by atoms with Gasteiger partial charge in [-0.15, -0.1) is 0 Å². The molecule has 1 aromatic heterocycles. The lowest BCUT2D eigenvalue weighted by molar-refractivity contribution is 0.122. The highest BCUT2D eigenvalue weighted by Crippen LogP contribution is 2.18. The van der Waals surface area contributed by atoms with Crippen LogP contribution in [0.1, 0.15) is 11.4 Å². The molecule has 1 fully saturated rings. The zero-order chi connectivity index (χ0) is 16.8. The maximum atomic E-state index is 5.38. The second-order valence-electron chi connectivity index (χ2n) is 5.37. The second kappa shape index (κ2) is 7.74. The molecule has 0 amide bonds. The molecule has 2 aromatic rings. The molecule has 0 radical (unpaired) electrons. The van der Waals surface area contributed by atoms with E-state index in [1.807, 2.05) is 37.3 Å². The van der Waals surface area contributed by atoms with Gasteiger partial charge in [-0.3, -0.25) is 5.43 Å². The number of nitrogens with one attached hydrogen (secondary N) is 1. The van der Waals surface area contributed by atoms with Gasteiger partial charge < -0.3 is 14.4 Å². The van der Waals surface area contributed by atoms with Crippen LogP contribution in [-0.2, 0) is 4.74 Å². The average molecular weight is 327 g/mol. The molecule has 0 aliphatic carbocycles. The van der Waals surface area contributed by atoms with Gasteiger partial charge >= 0.3 is 0 Å². The predicted octanol–water partition coefficient (Wildman–Crippen LogP) is 2.08. The van der Waals surface area contributed by atoms with Crippen molar-refractivity contribution in [2.24, 2.45) is 5.10 Å². The number of morpholine rings is 1. The molecule has 1 N–H and O–H groups in total. The van der Waals surface area contributed by atoms with Crippen molar-refractivity contribution in [1.82, 2.24) is 9.97 Å². The number of para-hydroxylation sites is 1. The van der Waals surface area contributed by atoms with Gasteiger partial charge in [-0.2, -0.15) is 5.10 Å². The van der Waals surface area contributed by atoms with Gasteiger partial charge in [0.1, 0.15) is 17.4 Å². The van der Waals surface area contributed by atoms with Crippen molar-refractivity contribution in [3.63, 3.8) is 0 Å². The third kappa shape index (κ3) is 3.99. The standard InChI is InChI=1S/C17H21N5O2/c1-13-19-16(11-17(20-13)22-7-9-24-10-8-22)21-18-12-14-5-3-4-6-15(14)23-2/h3-6,11-12H,7-10H2,1-2H3,(H,19,20,21)/b18-12-. The third-order valence-electron chi connectivity index (χ3n) is 3.68. The van der Waals surface area contributed by atoms with E-state index in [2.05, 4.69) is 25.4 Å². The van der Waals surface area contributed by atoms with Crippen molar-refractivity contribution >= 4 is 17.9 Å². The highest BCUT2D eigenvalue weighted by molar-refractivity contribution is 5.83. The number of ether oxygens (including phenoxy) is 2. The molecule has 0 spiro atoms. The summed E-state index contributed by atoms with van der Waals surface area (Å²) >= 11 is 0. The number of nitrogens with zero attached hydrogens (tertiary/aromatic N) is 4. The number of hydrazone groups is 1. The molecule has 1 aliphatic heterocycles. The van der Waals surface area contributed by atoms with E-state index in [4.69, 9.17) is 9.47 Å². The van der Waals surface area contributed by atoms with Crippen molar-refractivity contribution in [2.45, 2.75) is 6.92 Å². The van der Waals surface area contributed by atoms with Crippen LogP contribution in [0, 0.1) is 6.92 Å². The zero-order valence-corrected chi connectivity index (χ0v) is 13.9. The number of benzene rings is 1. The van der Waals surface area contributed by atoms with Gasteiger partial charge in [0.25, 0.3) is 0 Å². The summed E-state index contributed by atoms with van der Waals surface area (Å²) in [6.07, 6.45) is 1.71. The Bertz CT molecular complexity index is 714. The maximum Gasteiger partial charge on any atom is 0.152 e. The molecule has 7 nitrogen and oxygen atoms in total. The average Bonchev–Trinajstić information content (AvgIpc) is 2.62. The molecular weight excluding hydrogens is 306 g/mol. The first-order valence-corrected chi connectivity index (χ1v) is 7.87. The van der Waals surface area contributed by atoms with E-state index in [0.29, 0.717) is 11.6 Å². The smallest absolute Gasteiger partial charge is 0.152 e. The van der Waals surface area contributed by atoms with E-state index in [9.17, 15) is 0 Å². The summed E-state index contributed by atoms with van der Waals surface area (Å²) < 4.78 is 10.7. The normalized spacial score (nSPS) is 14.8. The lowest BCUT2D eigenvalue weighted by atomic mass is 10.2. The zero-order valence-electron chi connectivity index (χ0n) is 13.9. The number of methoxy groups -OCH3 is 1. The first-order valence-electron chi connectivity index (χ1n) is 7.87. The Morgan fingerprint density at radius 1 is 1.25 bits per heavy atom. The van der Waals surface area contributed by atoms with Crippen molar-refractivity contribution < 1.29 is 9.47 Å². The van der Waals surface area contributed by atoms with Crippen LogP contribution in [0.25, 0.3) is 0 Å². The van der Waals surface area contributed by atoms with Gasteiger partial charge in [-0.25, -0.2) is 9.97 Å². The van der Waals surface area contributed by atoms with Crippen molar-refractivity contribution in [3.05, 3.63) is 41.7 Å². The van der Waals surface area contributed by atoms with Crippen LogP contribution in [-0.4, -0.2) is 49.6 Å². The van der Waals surface area contributed by atoms with Crippen LogP contribution in [0.4, 0.5) is 11.6 Å². The largest absolute Gasteiger partial charge is 0.496 e. The number of hydrogen-bond acceptors (Lipinski definition) is 7. The Labute approximate surface area is 141 Å². The van der Waals surface area contributed by atoms with E-state index < -0.39 is 0 Å². The summed E-state index contributed by atoms with van der Waals surface area (Å²) in [7, 11) is 1.64. The predicted molar refractivity (Wildman–Crippen MR) is 94.0 cm³/mol. The number of hydrogen-bond donors (Lipinski definition) is 1. The second-order valence-corrected chi connectivity index (χ2v) is 5.37. The highest BCUT2D eigenvalue weighted by atomic mass is 16.5. The van der Waals surface area contributed by atoms with Crippen molar-refractivity contribution in [3.8, 4) is 5.75 Å². The first-order chi connectivity index (χ1) is 11.8. The summed E-state index contributed by atoms with van der Waals surface area (Å²) in [5, 5.41) is 4.26. The Hall–Kier alpha value is -2.67. The van der Waals surface area contributed by atoms with Gasteiger partial charge in [0, 0.05) is 24.7 Å². The minimum absolute atomic E-state index is 0.662. The number of aromatic nitrogens is 2. The fraction of sp³-hybridized carbons (Fsp3) is 0.353. The monoisotopic (exact) mass is 327 g/mol. The third-order valence-corrected chi connectivity index (χ3v) is 3.68. The Morgan fingerprint density at radius 3 is 2.83 bits per heavy atom. The minimum atomic E-state index is 0.662. The van der Waals surface area contributed by atoms with Crippen LogP contribution >= 0.6 is 0 Å². The Balaban J connectivity index is 1.72. The van der Waals surface area contributed by atoms with Crippen LogP contribution in [0.3, 0.4) is 0 Å². The Kier molecular flexibility index (Phi) is 5.22. The lowest BCUT2D eigenvalue weighted by Crippen LogP contribution is -2.36. The Morgan fingerprint density at radius 2 is 2.04 bits per heavy atom. The molecule has 0 unspecified atom stereocenters. The SMILES string of the molecule is COc1ccccc1/C=N\Nc1cc(N2CCOCC2)nc(C)n1. The van der Waals surface area contributed by atoms with Crippen LogP contribution in [0.5, 0.6) is 5.75 Å². The molecule has 7 heteroatoms. The molecule has 1 aliphatic rings. The fourth-order valence-corrected chi connectivity index (χ4v) is 2.50. The van der Waals surface area contributed by atoms with Crippen molar-refractivity contribution in [1.29, 1.82) is 0 Å². The van der Waals surface area contributed by atoms with Crippen molar-refractivity contribution in [2.75, 3.05) is 43.7 Å². The molecule has 126 valence electrons. The van der Waals surface area contributed by atoms with Crippen LogP contribution < -0.4 is 15.1 Å². The van der Waals surface area contributed by atoms with Gasteiger partial charge in [0.05, 0.1) is 26.5 Å². The summed E-state index contributed by atoms with van der Waals surface area (Å²) in [5.74, 6) is 3.03. The van der Waals surface area contributed by atoms with E-state index in [0.717, 1.165) is 43.4 Å². The topological polar surface area (TPSA) is 71.9 Å². The number of aryl methyl sites for hydroxylation is 1. The molecule has 0 saturated carbocycles. The molecule has 0 atom stereocenters. The molecule has 3 rings (SSSR count). The molecular formula is C17H21N5O2. The van der Waals surface area contributed by atoms with Crippen LogP contribution in [0.15, 0.2) is 35.4 Å². The van der Waals surface area contributed by atoms with Gasteiger partial charge in [-0.05, 0) is 19.1 Å². The number of anilines is 2. The van der Waals surface area contributed by atoms with E-state index in [-0.39, 0.29) is 0 Å². The summed E-state index contributed by atoms with van der Waals surface area (Å²) in [6, 6.07) is 9.60. The van der Waals surface area contributed by atoms with Gasteiger partial charge in [0.2, 0.25) is 0 Å². The molecule has 0 bridgehead atoms. The summed E-state index contributed by atoms with van der Waals surface area (Å²) in [5.41, 5.74) is 3.86. The number of rotatable bonds is 5. The van der Waals surface area contributed by atoms with E-state index in [1.165, 1.54) is 0 Å².